The summed E-state index contributed by atoms with van der Waals surface area (Å²) in [4.78, 5) is 26.6. The van der Waals surface area contributed by atoms with E-state index in [0.29, 0.717) is 44.0 Å². The Kier molecular flexibility index (Phi) is 6.89. The van der Waals surface area contributed by atoms with E-state index in [1.165, 1.54) is 0 Å². The number of carbonyl (C=O) groups excluding carboxylic acids is 2. The molecule has 6 heteroatoms. The molecule has 6 nitrogen and oxygen atoms in total. The standard InChI is InChI=1S/C22H26N2O4/c1-2-27-19-10-6-7-11-20(19)28-16-21(25)24-14-12-17(13-15-24)22(26)23-18-8-4-3-5-9-18/h3-11,17H,2,12-16H2,1H3,(H,23,26). The van der Waals surface area contributed by atoms with Crippen molar-refractivity contribution in [3.63, 3.8) is 0 Å². The fourth-order valence-electron chi connectivity index (χ4n) is 3.23. The number of anilines is 1. The molecule has 0 unspecified atom stereocenters. The smallest absolute Gasteiger partial charge is 0.260 e. The summed E-state index contributed by atoms with van der Waals surface area (Å²) in [5.41, 5.74) is 0.798. The summed E-state index contributed by atoms with van der Waals surface area (Å²) in [6.45, 7) is 3.52. The van der Waals surface area contributed by atoms with Crippen LogP contribution in [-0.4, -0.2) is 43.0 Å². The monoisotopic (exact) mass is 382 g/mol. The van der Waals surface area contributed by atoms with Gasteiger partial charge in [0.05, 0.1) is 6.61 Å². The van der Waals surface area contributed by atoms with Crippen molar-refractivity contribution in [1.82, 2.24) is 4.90 Å². The lowest BCUT2D eigenvalue weighted by Crippen LogP contribution is -2.43. The zero-order valence-electron chi connectivity index (χ0n) is 16.1. The lowest BCUT2D eigenvalue weighted by molar-refractivity contribution is -0.136. The highest BCUT2D eigenvalue weighted by molar-refractivity contribution is 5.92. The zero-order chi connectivity index (χ0) is 19.8. The van der Waals surface area contributed by atoms with Gasteiger partial charge in [-0.3, -0.25) is 9.59 Å². The number of nitrogens with one attached hydrogen (secondary N) is 1. The summed E-state index contributed by atoms with van der Waals surface area (Å²) < 4.78 is 11.2. The van der Waals surface area contributed by atoms with Gasteiger partial charge in [0.2, 0.25) is 5.91 Å². The number of carbonyl (C=O) groups is 2. The summed E-state index contributed by atoms with van der Waals surface area (Å²) in [5, 5.41) is 2.94. The molecular weight excluding hydrogens is 356 g/mol. The molecule has 0 spiro atoms. The first-order chi connectivity index (χ1) is 13.7. The Morgan fingerprint density at radius 3 is 2.21 bits per heavy atom. The molecule has 1 saturated heterocycles. The van der Waals surface area contributed by atoms with Gasteiger partial charge in [0.15, 0.2) is 18.1 Å². The predicted molar refractivity (Wildman–Crippen MR) is 107 cm³/mol. The third kappa shape index (κ3) is 5.25. The van der Waals surface area contributed by atoms with Gasteiger partial charge in [-0.05, 0) is 44.0 Å². The molecule has 1 aliphatic heterocycles. The van der Waals surface area contributed by atoms with Gasteiger partial charge in [0, 0.05) is 24.7 Å². The third-order valence-corrected chi connectivity index (χ3v) is 4.76. The minimum Gasteiger partial charge on any atom is -0.490 e. The fourth-order valence-corrected chi connectivity index (χ4v) is 3.23. The van der Waals surface area contributed by atoms with Crippen LogP contribution in [0.4, 0.5) is 5.69 Å². The molecule has 0 saturated carbocycles. The van der Waals surface area contributed by atoms with E-state index in [9.17, 15) is 9.59 Å². The summed E-state index contributed by atoms with van der Waals surface area (Å²) in [7, 11) is 0. The van der Waals surface area contributed by atoms with Gasteiger partial charge in [-0.15, -0.1) is 0 Å². The van der Waals surface area contributed by atoms with Crippen molar-refractivity contribution >= 4 is 17.5 Å². The lowest BCUT2D eigenvalue weighted by Gasteiger charge is -2.31. The van der Waals surface area contributed by atoms with E-state index < -0.39 is 0 Å². The van der Waals surface area contributed by atoms with E-state index in [4.69, 9.17) is 9.47 Å². The number of hydrogen-bond donors (Lipinski definition) is 1. The number of para-hydroxylation sites is 3. The number of benzene rings is 2. The molecule has 1 heterocycles. The van der Waals surface area contributed by atoms with Gasteiger partial charge < -0.3 is 19.7 Å². The van der Waals surface area contributed by atoms with Crippen molar-refractivity contribution in [3.05, 3.63) is 54.6 Å². The Morgan fingerprint density at radius 2 is 1.57 bits per heavy atom. The second-order valence-electron chi connectivity index (χ2n) is 6.68. The molecule has 0 aliphatic carbocycles. The summed E-state index contributed by atoms with van der Waals surface area (Å²) >= 11 is 0. The van der Waals surface area contributed by atoms with Gasteiger partial charge in [0.1, 0.15) is 0 Å². The second kappa shape index (κ2) is 9.78. The molecule has 1 fully saturated rings. The normalized spacial score (nSPS) is 14.4. The molecule has 28 heavy (non-hydrogen) atoms. The topological polar surface area (TPSA) is 67.9 Å². The summed E-state index contributed by atoms with van der Waals surface area (Å²) in [6, 6.07) is 16.8. The van der Waals surface area contributed by atoms with Crippen molar-refractivity contribution in [2.24, 2.45) is 5.92 Å². The predicted octanol–water partition coefficient (Wildman–Crippen LogP) is 3.34. The summed E-state index contributed by atoms with van der Waals surface area (Å²) in [5.74, 6) is 1.06. The van der Waals surface area contributed by atoms with E-state index in [-0.39, 0.29) is 24.3 Å². The zero-order valence-corrected chi connectivity index (χ0v) is 16.1. The van der Waals surface area contributed by atoms with Crippen LogP contribution in [0.5, 0.6) is 11.5 Å². The van der Waals surface area contributed by atoms with E-state index in [0.717, 1.165) is 5.69 Å². The van der Waals surface area contributed by atoms with Gasteiger partial charge >= 0.3 is 0 Å². The number of amides is 2. The van der Waals surface area contributed by atoms with Gasteiger partial charge in [-0.1, -0.05) is 30.3 Å². The minimum atomic E-state index is -0.0798. The van der Waals surface area contributed by atoms with Crippen LogP contribution < -0.4 is 14.8 Å². The quantitative estimate of drug-likeness (QED) is 0.798. The Hall–Kier alpha value is -3.02. The molecular formula is C22H26N2O4. The Labute approximate surface area is 165 Å². The SMILES string of the molecule is CCOc1ccccc1OCC(=O)N1CCC(C(=O)Nc2ccccc2)CC1. The van der Waals surface area contributed by atoms with E-state index in [2.05, 4.69) is 5.32 Å². The number of piperidine rings is 1. The first kappa shape index (κ1) is 19.7. The highest BCUT2D eigenvalue weighted by atomic mass is 16.5. The van der Waals surface area contributed by atoms with E-state index in [1.54, 1.807) is 11.0 Å². The van der Waals surface area contributed by atoms with E-state index in [1.807, 2.05) is 55.5 Å². The maximum absolute atomic E-state index is 12.5. The lowest BCUT2D eigenvalue weighted by atomic mass is 9.95. The van der Waals surface area contributed by atoms with Crippen LogP contribution in [-0.2, 0) is 9.59 Å². The Morgan fingerprint density at radius 1 is 0.964 bits per heavy atom. The van der Waals surface area contributed by atoms with Crippen molar-refractivity contribution in [1.29, 1.82) is 0 Å². The molecule has 2 amide bonds. The highest BCUT2D eigenvalue weighted by Crippen LogP contribution is 2.26. The third-order valence-electron chi connectivity index (χ3n) is 4.76. The molecule has 2 aromatic carbocycles. The van der Waals surface area contributed by atoms with Crippen LogP contribution in [0.25, 0.3) is 0 Å². The largest absolute Gasteiger partial charge is 0.490 e. The molecule has 1 aliphatic rings. The molecule has 0 aromatic heterocycles. The number of nitrogens with zero attached hydrogens (tertiary/aromatic N) is 1. The first-order valence-corrected chi connectivity index (χ1v) is 9.65. The maximum Gasteiger partial charge on any atom is 0.260 e. The highest BCUT2D eigenvalue weighted by Gasteiger charge is 2.27. The van der Waals surface area contributed by atoms with Crippen molar-refractivity contribution in [2.45, 2.75) is 19.8 Å². The van der Waals surface area contributed by atoms with Gasteiger partial charge in [-0.25, -0.2) is 0 Å². The molecule has 0 atom stereocenters. The molecule has 3 rings (SSSR count). The molecule has 148 valence electrons. The van der Waals surface area contributed by atoms with Crippen molar-refractivity contribution in [2.75, 3.05) is 31.6 Å². The van der Waals surface area contributed by atoms with Crippen molar-refractivity contribution in [3.8, 4) is 11.5 Å². The van der Waals surface area contributed by atoms with Crippen LogP contribution in [0.3, 0.4) is 0 Å². The molecule has 0 radical (unpaired) electrons. The maximum atomic E-state index is 12.5. The van der Waals surface area contributed by atoms with E-state index >= 15 is 0 Å². The van der Waals surface area contributed by atoms with Crippen LogP contribution in [0.15, 0.2) is 54.6 Å². The summed E-state index contributed by atoms with van der Waals surface area (Å²) in [6.07, 6.45) is 1.31. The number of hydrogen-bond acceptors (Lipinski definition) is 4. The molecule has 2 aromatic rings. The van der Waals surface area contributed by atoms with Gasteiger partial charge in [0.25, 0.3) is 5.91 Å². The number of ether oxygens (including phenoxy) is 2. The van der Waals surface area contributed by atoms with Crippen LogP contribution in [0, 0.1) is 5.92 Å². The number of rotatable bonds is 7. The number of likely N-dealkylation sites (tertiary alicyclic amines) is 1. The van der Waals surface area contributed by atoms with Gasteiger partial charge in [-0.2, -0.15) is 0 Å². The van der Waals surface area contributed by atoms with Crippen LogP contribution in [0.1, 0.15) is 19.8 Å². The second-order valence-corrected chi connectivity index (χ2v) is 6.68. The van der Waals surface area contributed by atoms with Crippen LogP contribution >= 0.6 is 0 Å². The average Bonchev–Trinajstić information content (AvgIpc) is 2.74. The molecule has 1 N–H and O–H groups in total. The van der Waals surface area contributed by atoms with Crippen LogP contribution in [0.2, 0.25) is 0 Å². The Balaban J connectivity index is 1.45. The minimum absolute atomic E-state index is 0.0141. The fraction of sp³-hybridized carbons (Fsp3) is 0.364. The Bertz CT molecular complexity index is 786. The first-order valence-electron chi connectivity index (χ1n) is 9.65. The van der Waals surface area contributed by atoms with Crippen molar-refractivity contribution < 1.29 is 19.1 Å². The molecule has 0 bridgehead atoms. The average molecular weight is 382 g/mol.